The Bertz CT molecular complexity index is 506. The summed E-state index contributed by atoms with van der Waals surface area (Å²) < 4.78 is 0. The van der Waals surface area contributed by atoms with Gasteiger partial charge in [0, 0.05) is 13.1 Å². The van der Waals surface area contributed by atoms with E-state index < -0.39 is 0 Å². The zero-order valence-corrected chi connectivity index (χ0v) is 13.0. The van der Waals surface area contributed by atoms with Crippen LogP contribution in [0.1, 0.15) is 68.1 Å². The first-order valence-corrected chi connectivity index (χ1v) is 8.27. The number of nitrogen functional groups attached to an aromatic ring is 1. The first-order chi connectivity index (χ1) is 10.2. The summed E-state index contributed by atoms with van der Waals surface area (Å²) in [5.74, 6) is -0.000972. The zero-order valence-electron chi connectivity index (χ0n) is 13.0. The zero-order chi connectivity index (χ0) is 14.9. The molecule has 1 saturated heterocycles. The molecular weight excluding hydrogens is 264 g/mol. The molecular formula is C16H26N4O. The number of aromatic nitrogens is 2. The minimum Gasteiger partial charge on any atom is -0.395 e. The molecule has 116 valence electrons. The van der Waals surface area contributed by atoms with Crippen LogP contribution in [0.2, 0.25) is 0 Å². The lowest BCUT2D eigenvalue weighted by molar-refractivity contribution is 0.0583. The Balaban J connectivity index is 1.66. The molecule has 5 nitrogen and oxygen atoms in total. The van der Waals surface area contributed by atoms with Gasteiger partial charge in [-0.15, -0.1) is 0 Å². The molecule has 1 aromatic heterocycles. The first kappa shape index (κ1) is 14.4. The largest absolute Gasteiger partial charge is 0.395 e. The lowest BCUT2D eigenvalue weighted by Gasteiger charge is -2.39. The third kappa shape index (κ3) is 2.65. The fourth-order valence-electron chi connectivity index (χ4n) is 3.95. The molecule has 1 saturated carbocycles. The molecule has 0 unspecified atom stereocenters. The van der Waals surface area contributed by atoms with Crippen LogP contribution < -0.4 is 5.73 Å². The Labute approximate surface area is 126 Å². The van der Waals surface area contributed by atoms with Crippen molar-refractivity contribution in [3.63, 3.8) is 0 Å². The number of likely N-dealkylation sites (tertiary alicyclic amines) is 1. The smallest absolute Gasteiger partial charge is 0.276 e. The number of anilines is 1. The fourth-order valence-corrected chi connectivity index (χ4v) is 3.95. The number of carbonyl (C=O) groups is 1. The lowest BCUT2D eigenvalue weighted by atomic mass is 9.77. The third-order valence-corrected chi connectivity index (χ3v) is 5.36. The maximum atomic E-state index is 12.6. The SMILES string of the molecule is CCCc1[nH]nc(C(=O)N2CCC3(CCCC3)CC2)c1N. The monoisotopic (exact) mass is 290 g/mol. The van der Waals surface area contributed by atoms with Crippen molar-refractivity contribution in [1.29, 1.82) is 0 Å². The molecule has 0 bridgehead atoms. The Morgan fingerprint density at radius 2 is 1.95 bits per heavy atom. The molecule has 2 aliphatic rings. The standard InChI is InChI=1S/C16H26N4O/c1-2-5-12-13(17)14(19-18-12)15(21)20-10-8-16(9-11-20)6-3-4-7-16/h2-11,17H2,1H3,(H,18,19). The van der Waals surface area contributed by atoms with Crippen molar-refractivity contribution in [2.45, 2.75) is 58.3 Å². The number of nitrogens with one attached hydrogen (secondary N) is 1. The normalized spacial score (nSPS) is 21.1. The molecule has 1 aromatic rings. The maximum absolute atomic E-state index is 12.6. The summed E-state index contributed by atoms with van der Waals surface area (Å²) in [6.07, 6.45) is 9.54. The number of rotatable bonds is 3. The van der Waals surface area contributed by atoms with Crippen LogP contribution >= 0.6 is 0 Å². The highest BCUT2D eigenvalue weighted by atomic mass is 16.2. The van der Waals surface area contributed by atoms with Crippen molar-refractivity contribution in [2.24, 2.45) is 5.41 Å². The molecule has 1 aliphatic heterocycles. The Morgan fingerprint density at radius 1 is 1.29 bits per heavy atom. The summed E-state index contributed by atoms with van der Waals surface area (Å²) >= 11 is 0. The van der Waals surface area contributed by atoms with Crippen molar-refractivity contribution in [1.82, 2.24) is 15.1 Å². The van der Waals surface area contributed by atoms with Gasteiger partial charge in [-0.05, 0) is 37.5 Å². The van der Waals surface area contributed by atoms with Gasteiger partial charge in [0.15, 0.2) is 5.69 Å². The lowest BCUT2D eigenvalue weighted by Crippen LogP contribution is -2.42. The van der Waals surface area contributed by atoms with Gasteiger partial charge in [0.05, 0.1) is 11.4 Å². The van der Waals surface area contributed by atoms with Crippen molar-refractivity contribution >= 4 is 11.6 Å². The minimum atomic E-state index is -0.000972. The Hall–Kier alpha value is -1.52. The van der Waals surface area contributed by atoms with Gasteiger partial charge >= 0.3 is 0 Å². The number of aryl methyl sites for hydroxylation is 1. The van der Waals surface area contributed by atoms with E-state index in [4.69, 9.17) is 5.73 Å². The van der Waals surface area contributed by atoms with Gasteiger partial charge in [-0.1, -0.05) is 26.2 Å². The molecule has 1 amide bonds. The van der Waals surface area contributed by atoms with Crippen molar-refractivity contribution < 1.29 is 4.79 Å². The summed E-state index contributed by atoms with van der Waals surface area (Å²) in [4.78, 5) is 14.5. The second-order valence-electron chi connectivity index (χ2n) is 6.71. The number of aromatic amines is 1. The van der Waals surface area contributed by atoms with E-state index in [-0.39, 0.29) is 5.91 Å². The van der Waals surface area contributed by atoms with E-state index >= 15 is 0 Å². The van der Waals surface area contributed by atoms with Crippen molar-refractivity contribution in [3.8, 4) is 0 Å². The number of amides is 1. The van der Waals surface area contributed by atoms with Crippen LogP contribution in [-0.4, -0.2) is 34.1 Å². The molecule has 3 rings (SSSR count). The summed E-state index contributed by atoms with van der Waals surface area (Å²) in [6, 6.07) is 0. The van der Waals surface area contributed by atoms with Crippen molar-refractivity contribution in [2.75, 3.05) is 18.8 Å². The van der Waals surface area contributed by atoms with Gasteiger partial charge in [-0.2, -0.15) is 5.10 Å². The summed E-state index contributed by atoms with van der Waals surface area (Å²) in [7, 11) is 0. The topological polar surface area (TPSA) is 75.0 Å². The second-order valence-corrected chi connectivity index (χ2v) is 6.71. The predicted molar refractivity (Wildman–Crippen MR) is 83.0 cm³/mol. The van der Waals surface area contributed by atoms with Crippen LogP contribution in [0.4, 0.5) is 5.69 Å². The molecule has 3 N–H and O–H groups in total. The van der Waals surface area contributed by atoms with Gasteiger partial charge in [0.2, 0.25) is 0 Å². The Kier molecular flexibility index (Phi) is 3.91. The number of hydrogen-bond acceptors (Lipinski definition) is 3. The van der Waals surface area contributed by atoms with E-state index in [2.05, 4.69) is 17.1 Å². The van der Waals surface area contributed by atoms with E-state index in [0.29, 0.717) is 16.8 Å². The quantitative estimate of drug-likeness (QED) is 0.898. The average Bonchev–Trinajstić information content (AvgIpc) is 3.08. The van der Waals surface area contributed by atoms with Gasteiger partial charge in [-0.3, -0.25) is 9.89 Å². The van der Waals surface area contributed by atoms with Gasteiger partial charge in [0.25, 0.3) is 5.91 Å². The first-order valence-electron chi connectivity index (χ1n) is 8.27. The highest BCUT2D eigenvalue weighted by Gasteiger charge is 2.38. The number of nitrogens with two attached hydrogens (primary N) is 1. The van der Waals surface area contributed by atoms with Crippen LogP contribution in [0.15, 0.2) is 0 Å². The van der Waals surface area contributed by atoms with E-state index in [1.165, 1.54) is 25.7 Å². The van der Waals surface area contributed by atoms with Crippen LogP contribution in [0, 0.1) is 5.41 Å². The number of hydrogen-bond donors (Lipinski definition) is 2. The number of carbonyl (C=O) groups excluding carboxylic acids is 1. The molecule has 0 radical (unpaired) electrons. The van der Waals surface area contributed by atoms with Gasteiger partial charge < -0.3 is 10.6 Å². The van der Waals surface area contributed by atoms with Crippen LogP contribution in [0.25, 0.3) is 0 Å². The second kappa shape index (κ2) is 5.70. The highest BCUT2D eigenvalue weighted by molar-refractivity contribution is 5.97. The molecule has 0 aromatic carbocycles. The Morgan fingerprint density at radius 3 is 2.57 bits per heavy atom. The van der Waals surface area contributed by atoms with Crippen LogP contribution in [0.3, 0.4) is 0 Å². The van der Waals surface area contributed by atoms with Crippen molar-refractivity contribution in [3.05, 3.63) is 11.4 Å². The molecule has 2 heterocycles. The summed E-state index contributed by atoms with van der Waals surface area (Å²) in [6.45, 7) is 3.80. The van der Waals surface area contributed by atoms with Gasteiger partial charge in [-0.25, -0.2) is 0 Å². The van der Waals surface area contributed by atoms with Gasteiger partial charge in [0.1, 0.15) is 0 Å². The number of H-pyrrole nitrogens is 1. The maximum Gasteiger partial charge on any atom is 0.276 e. The fraction of sp³-hybridized carbons (Fsp3) is 0.750. The van der Waals surface area contributed by atoms with E-state index in [1.54, 1.807) is 0 Å². The average molecular weight is 290 g/mol. The summed E-state index contributed by atoms with van der Waals surface area (Å²) in [5, 5.41) is 7.08. The molecule has 1 spiro atoms. The highest BCUT2D eigenvalue weighted by Crippen LogP contribution is 2.46. The number of nitrogens with zero attached hydrogens (tertiary/aromatic N) is 2. The number of piperidine rings is 1. The third-order valence-electron chi connectivity index (χ3n) is 5.36. The molecule has 1 aliphatic carbocycles. The molecule has 2 fully saturated rings. The van der Waals surface area contributed by atoms with Crippen LogP contribution in [-0.2, 0) is 6.42 Å². The summed E-state index contributed by atoms with van der Waals surface area (Å²) in [5.41, 5.74) is 8.46. The predicted octanol–water partition coefficient (Wildman–Crippen LogP) is 2.74. The minimum absolute atomic E-state index is 0.000972. The van der Waals surface area contributed by atoms with E-state index in [1.807, 2.05) is 4.90 Å². The van der Waals surface area contributed by atoms with Crippen LogP contribution in [0.5, 0.6) is 0 Å². The van der Waals surface area contributed by atoms with E-state index in [0.717, 1.165) is 44.5 Å². The molecule has 21 heavy (non-hydrogen) atoms. The van der Waals surface area contributed by atoms with E-state index in [9.17, 15) is 4.79 Å². The molecule has 0 atom stereocenters. The molecule has 5 heteroatoms.